The monoisotopic (exact) mass is 315 g/mol. The van der Waals surface area contributed by atoms with Crippen molar-refractivity contribution in [3.8, 4) is 0 Å². The molecule has 4 N–H and O–H groups in total. The molecule has 1 rings (SSSR count). The minimum absolute atomic E-state index is 0.0628. The summed E-state index contributed by atoms with van der Waals surface area (Å²) in [7, 11) is -2.09. The second kappa shape index (κ2) is 7.04. The predicted molar refractivity (Wildman–Crippen MR) is 78.0 cm³/mol. The third-order valence-corrected chi connectivity index (χ3v) is 4.06. The van der Waals surface area contributed by atoms with Gasteiger partial charge in [-0.3, -0.25) is 0 Å². The number of carbonyl (C=O) groups is 2. The predicted octanol–water partition coefficient (Wildman–Crippen LogP) is 0.364. The molecule has 0 heterocycles. The Kier molecular flexibility index (Phi) is 5.68. The Morgan fingerprint density at radius 3 is 2.52 bits per heavy atom. The number of sulfonamides is 1. The number of carboxylic acids is 1. The van der Waals surface area contributed by atoms with Crippen LogP contribution >= 0.6 is 0 Å². The highest BCUT2D eigenvalue weighted by Gasteiger charge is 2.10. The summed E-state index contributed by atoms with van der Waals surface area (Å²) in [5.41, 5.74) is 0.978. The molecule has 0 saturated heterocycles. The third-order valence-electron chi connectivity index (χ3n) is 2.69. The second-order valence-electron chi connectivity index (χ2n) is 4.24. The van der Waals surface area contributed by atoms with Crippen molar-refractivity contribution in [1.82, 2.24) is 10.0 Å². The average molecular weight is 315 g/mol. The van der Waals surface area contributed by atoms with E-state index < -0.39 is 22.0 Å². The lowest BCUT2D eigenvalue weighted by atomic mass is 10.1. The van der Waals surface area contributed by atoms with Gasteiger partial charge in [0.2, 0.25) is 10.0 Å². The van der Waals surface area contributed by atoms with Crippen LogP contribution in [-0.2, 0) is 10.0 Å². The number of hydrogen-bond acceptors (Lipinski definition) is 4. The first-order valence-corrected chi connectivity index (χ1v) is 7.70. The van der Waals surface area contributed by atoms with Crippen LogP contribution < -0.4 is 15.4 Å². The summed E-state index contributed by atoms with van der Waals surface area (Å²) < 4.78 is 24.4. The van der Waals surface area contributed by atoms with E-state index in [0.717, 1.165) is 0 Å². The lowest BCUT2D eigenvalue weighted by molar-refractivity contribution is 0.0696. The average Bonchev–Trinajstić information content (AvgIpc) is 2.40. The minimum Gasteiger partial charge on any atom is -0.478 e. The molecule has 9 heteroatoms. The number of benzene rings is 1. The summed E-state index contributed by atoms with van der Waals surface area (Å²) in [6, 6.07) is 3.86. The van der Waals surface area contributed by atoms with E-state index in [1.54, 1.807) is 19.1 Å². The summed E-state index contributed by atoms with van der Waals surface area (Å²) in [6.07, 6.45) is 0. The quantitative estimate of drug-likeness (QED) is 0.603. The number of nitrogens with one attached hydrogen (secondary N) is 3. The standard InChI is InChI=1S/C12H17N3O5S/c1-8-3-4-9(7-10(8)11(16)17)15-12(18)14-5-6-21(19,20)13-2/h3-4,7,13H,5-6H2,1-2H3,(H,16,17)(H2,14,15,18). The molecule has 0 aliphatic carbocycles. The number of amides is 2. The van der Waals surface area contributed by atoms with Gasteiger partial charge >= 0.3 is 12.0 Å². The number of carbonyl (C=O) groups excluding carboxylic acids is 1. The van der Waals surface area contributed by atoms with E-state index in [-0.39, 0.29) is 17.9 Å². The molecule has 0 atom stereocenters. The fourth-order valence-corrected chi connectivity index (χ4v) is 2.08. The van der Waals surface area contributed by atoms with Crippen molar-refractivity contribution in [2.45, 2.75) is 6.92 Å². The fourth-order valence-electron chi connectivity index (χ4n) is 1.51. The van der Waals surface area contributed by atoms with Gasteiger partial charge in [-0.1, -0.05) is 6.07 Å². The smallest absolute Gasteiger partial charge is 0.336 e. The van der Waals surface area contributed by atoms with Crippen LogP contribution in [0.1, 0.15) is 15.9 Å². The van der Waals surface area contributed by atoms with Gasteiger partial charge in [-0.05, 0) is 31.7 Å². The van der Waals surface area contributed by atoms with Crippen LogP contribution in [0.25, 0.3) is 0 Å². The Morgan fingerprint density at radius 2 is 1.95 bits per heavy atom. The van der Waals surface area contributed by atoms with E-state index in [1.165, 1.54) is 13.1 Å². The van der Waals surface area contributed by atoms with Gasteiger partial charge in [0.05, 0.1) is 11.3 Å². The maximum atomic E-state index is 11.6. The highest BCUT2D eigenvalue weighted by molar-refractivity contribution is 7.89. The van der Waals surface area contributed by atoms with Crippen molar-refractivity contribution >= 4 is 27.7 Å². The molecule has 0 fully saturated rings. The molecular formula is C12H17N3O5S. The van der Waals surface area contributed by atoms with Crippen LogP contribution in [0, 0.1) is 6.92 Å². The molecule has 116 valence electrons. The van der Waals surface area contributed by atoms with Crippen molar-refractivity contribution in [3.63, 3.8) is 0 Å². The van der Waals surface area contributed by atoms with Gasteiger partial charge in [0.15, 0.2) is 0 Å². The summed E-state index contributed by atoms with van der Waals surface area (Å²) >= 11 is 0. The zero-order valence-electron chi connectivity index (χ0n) is 11.6. The van der Waals surface area contributed by atoms with Crippen molar-refractivity contribution in [2.75, 3.05) is 24.7 Å². The van der Waals surface area contributed by atoms with Crippen molar-refractivity contribution in [2.24, 2.45) is 0 Å². The van der Waals surface area contributed by atoms with E-state index in [0.29, 0.717) is 11.3 Å². The Hall–Kier alpha value is -2.13. The number of rotatable bonds is 6. The number of carboxylic acid groups (broad SMARTS) is 1. The SMILES string of the molecule is CNS(=O)(=O)CCNC(=O)Nc1ccc(C)c(C(=O)O)c1. The summed E-state index contributed by atoms with van der Waals surface area (Å²) in [5, 5.41) is 13.8. The van der Waals surface area contributed by atoms with Crippen molar-refractivity contribution in [3.05, 3.63) is 29.3 Å². The number of aromatic carboxylic acids is 1. The van der Waals surface area contributed by atoms with Gasteiger partial charge in [-0.2, -0.15) is 0 Å². The zero-order chi connectivity index (χ0) is 16.0. The maximum absolute atomic E-state index is 11.6. The summed E-state index contributed by atoms with van der Waals surface area (Å²) in [6.45, 7) is 1.59. The summed E-state index contributed by atoms with van der Waals surface area (Å²) in [4.78, 5) is 22.5. The maximum Gasteiger partial charge on any atom is 0.336 e. The molecule has 1 aromatic carbocycles. The third kappa shape index (κ3) is 5.40. The number of urea groups is 1. The lowest BCUT2D eigenvalue weighted by Gasteiger charge is -2.09. The molecule has 0 bridgehead atoms. The highest BCUT2D eigenvalue weighted by atomic mass is 32.2. The normalized spacial score (nSPS) is 11.0. The second-order valence-corrected chi connectivity index (χ2v) is 6.28. The molecule has 0 aliphatic rings. The number of anilines is 1. The topological polar surface area (TPSA) is 125 Å². The number of aryl methyl sites for hydroxylation is 1. The molecule has 0 radical (unpaired) electrons. The van der Waals surface area contributed by atoms with E-state index in [4.69, 9.17) is 5.11 Å². The molecule has 0 aromatic heterocycles. The Bertz CT molecular complexity index is 642. The molecule has 0 unspecified atom stereocenters. The molecule has 21 heavy (non-hydrogen) atoms. The van der Waals surface area contributed by atoms with Crippen molar-refractivity contribution < 1.29 is 23.1 Å². The Balaban J connectivity index is 2.60. The zero-order valence-corrected chi connectivity index (χ0v) is 12.5. The van der Waals surface area contributed by atoms with Crippen molar-refractivity contribution in [1.29, 1.82) is 0 Å². The van der Waals surface area contributed by atoms with Crippen LogP contribution in [0.3, 0.4) is 0 Å². The van der Waals surface area contributed by atoms with Gasteiger partial charge in [0.25, 0.3) is 0 Å². The van der Waals surface area contributed by atoms with Crippen LogP contribution in [-0.4, -0.2) is 44.9 Å². The largest absolute Gasteiger partial charge is 0.478 e. The van der Waals surface area contributed by atoms with E-state index in [9.17, 15) is 18.0 Å². The molecular weight excluding hydrogens is 298 g/mol. The van der Waals surface area contributed by atoms with Gasteiger partial charge in [0, 0.05) is 12.2 Å². The fraction of sp³-hybridized carbons (Fsp3) is 0.333. The van der Waals surface area contributed by atoms with Crippen LogP contribution in [0.2, 0.25) is 0 Å². The minimum atomic E-state index is -3.38. The van der Waals surface area contributed by atoms with Crippen LogP contribution in [0.5, 0.6) is 0 Å². The lowest BCUT2D eigenvalue weighted by Crippen LogP contribution is -2.35. The van der Waals surface area contributed by atoms with E-state index >= 15 is 0 Å². The Labute approximate surface area is 122 Å². The highest BCUT2D eigenvalue weighted by Crippen LogP contribution is 2.15. The molecule has 0 saturated carbocycles. The first-order valence-electron chi connectivity index (χ1n) is 6.05. The van der Waals surface area contributed by atoms with Gasteiger partial charge < -0.3 is 15.7 Å². The molecule has 1 aromatic rings. The number of hydrogen-bond donors (Lipinski definition) is 4. The summed E-state index contributed by atoms with van der Waals surface area (Å²) in [5.74, 6) is -1.33. The molecule has 2 amide bonds. The van der Waals surface area contributed by atoms with E-state index in [2.05, 4.69) is 15.4 Å². The molecule has 8 nitrogen and oxygen atoms in total. The van der Waals surface area contributed by atoms with Crippen LogP contribution in [0.15, 0.2) is 18.2 Å². The van der Waals surface area contributed by atoms with Gasteiger partial charge in [-0.25, -0.2) is 22.7 Å². The Morgan fingerprint density at radius 1 is 1.29 bits per heavy atom. The first-order chi connectivity index (χ1) is 9.75. The van der Waals surface area contributed by atoms with Gasteiger partial charge in [0.1, 0.15) is 0 Å². The van der Waals surface area contributed by atoms with Gasteiger partial charge in [-0.15, -0.1) is 0 Å². The molecule has 0 aliphatic heterocycles. The van der Waals surface area contributed by atoms with E-state index in [1.807, 2.05) is 0 Å². The molecule has 0 spiro atoms. The van der Waals surface area contributed by atoms with Crippen LogP contribution in [0.4, 0.5) is 10.5 Å². The first kappa shape index (κ1) is 16.9.